The number of fused-ring (bicyclic) bond motifs is 3. The minimum absolute atomic E-state index is 0.314. The van der Waals surface area contributed by atoms with E-state index in [1.807, 2.05) is 12.1 Å². The predicted octanol–water partition coefficient (Wildman–Crippen LogP) is 2.15. The van der Waals surface area contributed by atoms with Gasteiger partial charge < -0.3 is 9.52 Å². The van der Waals surface area contributed by atoms with Crippen molar-refractivity contribution in [1.82, 2.24) is 0 Å². The first-order valence-corrected chi connectivity index (χ1v) is 5.64. The fourth-order valence-electron chi connectivity index (χ4n) is 2.29. The van der Waals surface area contributed by atoms with Gasteiger partial charge in [0.25, 0.3) is 0 Å². The molecule has 1 N–H and O–H groups in total. The number of aromatic carboxylic acids is 1. The highest BCUT2D eigenvalue weighted by molar-refractivity contribution is 5.93. The van der Waals surface area contributed by atoms with Gasteiger partial charge in [-0.25, -0.2) is 9.59 Å². The van der Waals surface area contributed by atoms with Gasteiger partial charge in [0, 0.05) is 5.39 Å². The molecule has 0 unspecified atom stereocenters. The van der Waals surface area contributed by atoms with Crippen molar-refractivity contribution in [3.8, 4) is 0 Å². The molecule has 1 aliphatic rings. The van der Waals surface area contributed by atoms with Crippen LogP contribution in [0.3, 0.4) is 0 Å². The summed E-state index contributed by atoms with van der Waals surface area (Å²) in [6.45, 7) is 0. The zero-order valence-corrected chi connectivity index (χ0v) is 9.47. The molecule has 90 valence electrons. The maximum Gasteiger partial charge on any atom is 0.351 e. The van der Waals surface area contributed by atoms with E-state index in [0.717, 1.165) is 24.0 Å². The second-order valence-electron chi connectivity index (χ2n) is 4.25. The quantitative estimate of drug-likeness (QED) is 0.614. The van der Waals surface area contributed by atoms with Gasteiger partial charge in [0.2, 0.25) is 0 Å². The predicted molar refractivity (Wildman–Crippen MR) is 66.0 cm³/mol. The summed E-state index contributed by atoms with van der Waals surface area (Å²) in [5, 5.41) is 9.67. The largest absolute Gasteiger partial charge is 0.477 e. The van der Waals surface area contributed by atoms with E-state index < -0.39 is 11.6 Å². The minimum Gasteiger partial charge on any atom is -0.477 e. The van der Waals surface area contributed by atoms with Crippen molar-refractivity contribution >= 4 is 16.9 Å². The molecule has 2 aromatic rings. The first-order valence-electron chi connectivity index (χ1n) is 5.64. The highest BCUT2D eigenvalue weighted by Gasteiger charge is 2.16. The SMILES string of the molecule is O=C(O)c1cc2c3c(ccc2oc1=O)CC=CC3. The van der Waals surface area contributed by atoms with Crippen molar-refractivity contribution in [3.05, 3.63) is 57.5 Å². The van der Waals surface area contributed by atoms with Gasteiger partial charge >= 0.3 is 11.6 Å². The Labute approximate surface area is 102 Å². The molecule has 18 heavy (non-hydrogen) atoms. The third-order valence-corrected chi connectivity index (χ3v) is 3.18. The second kappa shape index (κ2) is 3.84. The van der Waals surface area contributed by atoms with Gasteiger partial charge in [0.1, 0.15) is 11.1 Å². The summed E-state index contributed by atoms with van der Waals surface area (Å²) in [7, 11) is 0. The Balaban J connectivity index is 2.37. The standard InChI is InChI=1S/C14H10O4/c15-13(16)11-7-10-9-4-2-1-3-8(9)5-6-12(10)18-14(11)17/h1-2,5-7H,3-4H2,(H,15,16). The van der Waals surface area contributed by atoms with E-state index in [0.29, 0.717) is 11.0 Å². The molecule has 0 saturated carbocycles. The molecule has 4 heteroatoms. The van der Waals surface area contributed by atoms with E-state index in [2.05, 4.69) is 6.08 Å². The summed E-state index contributed by atoms with van der Waals surface area (Å²) in [5.41, 5.74) is 1.52. The van der Waals surface area contributed by atoms with Crippen LogP contribution in [0.4, 0.5) is 0 Å². The van der Waals surface area contributed by atoms with E-state index in [4.69, 9.17) is 9.52 Å². The lowest BCUT2D eigenvalue weighted by Crippen LogP contribution is -2.13. The molecule has 0 amide bonds. The van der Waals surface area contributed by atoms with Gasteiger partial charge in [-0.05, 0) is 36.1 Å². The third-order valence-electron chi connectivity index (χ3n) is 3.18. The molecule has 0 spiro atoms. The van der Waals surface area contributed by atoms with Crippen LogP contribution < -0.4 is 5.63 Å². The molecule has 1 aromatic heterocycles. The summed E-state index contributed by atoms with van der Waals surface area (Å²) >= 11 is 0. The van der Waals surface area contributed by atoms with Crippen LogP contribution in [-0.2, 0) is 12.8 Å². The summed E-state index contributed by atoms with van der Waals surface area (Å²) in [5.74, 6) is -1.25. The number of hydrogen-bond donors (Lipinski definition) is 1. The highest BCUT2D eigenvalue weighted by atomic mass is 16.4. The number of carbonyl (C=O) groups is 1. The summed E-state index contributed by atoms with van der Waals surface area (Å²) in [4.78, 5) is 22.4. The molecular weight excluding hydrogens is 232 g/mol. The summed E-state index contributed by atoms with van der Waals surface area (Å²) in [6.07, 6.45) is 5.67. The van der Waals surface area contributed by atoms with Gasteiger partial charge in [-0.15, -0.1) is 0 Å². The Morgan fingerprint density at radius 2 is 2.00 bits per heavy atom. The lowest BCUT2D eigenvalue weighted by molar-refractivity contribution is 0.0692. The van der Waals surface area contributed by atoms with Crippen LogP contribution in [-0.4, -0.2) is 11.1 Å². The maximum absolute atomic E-state index is 11.5. The molecular formula is C14H10O4. The van der Waals surface area contributed by atoms with E-state index in [1.165, 1.54) is 6.07 Å². The van der Waals surface area contributed by atoms with E-state index >= 15 is 0 Å². The molecule has 1 aromatic carbocycles. The average Bonchev–Trinajstić information content (AvgIpc) is 2.37. The summed E-state index contributed by atoms with van der Waals surface area (Å²) < 4.78 is 5.06. The zero-order valence-electron chi connectivity index (χ0n) is 9.47. The highest BCUT2D eigenvalue weighted by Crippen LogP contribution is 2.26. The van der Waals surface area contributed by atoms with Crippen LogP contribution in [0.25, 0.3) is 11.0 Å². The van der Waals surface area contributed by atoms with Crippen molar-refractivity contribution in [2.75, 3.05) is 0 Å². The minimum atomic E-state index is -1.25. The topological polar surface area (TPSA) is 67.5 Å². The number of hydrogen-bond acceptors (Lipinski definition) is 3. The molecule has 3 rings (SSSR count). The Kier molecular flexibility index (Phi) is 2.30. The molecule has 1 heterocycles. The number of carboxylic acid groups (broad SMARTS) is 1. The Morgan fingerprint density at radius 1 is 1.22 bits per heavy atom. The van der Waals surface area contributed by atoms with Crippen LogP contribution in [0.5, 0.6) is 0 Å². The lowest BCUT2D eigenvalue weighted by atomic mass is 9.93. The van der Waals surface area contributed by atoms with E-state index in [1.54, 1.807) is 6.07 Å². The molecule has 4 nitrogen and oxygen atoms in total. The van der Waals surface area contributed by atoms with Gasteiger partial charge in [-0.1, -0.05) is 18.2 Å². The summed E-state index contributed by atoms with van der Waals surface area (Å²) in [6, 6.07) is 5.06. The second-order valence-corrected chi connectivity index (χ2v) is 4.25. The van der Waals surface area contributed by atoms with Gasteiger partial charge in [0.15, 0.2) is 0 Å². The Hall–Kier alpha value is -2.36. The van der Waals surface area contributed by atoms with E-state index in [-0.39, 0.29) is 5.56 Å². The molecule has 0 bridgehead atoms. The van der Waals surface area contributed by atoms with Gasteiger partial charge in [0.05, 0.1) is 0 Å². The average molecular weight is 242 g/mol. The molecule has 0 fully saturated rings. The molecule has 0 saturated heterocycles. The van der Waals surface area contributed by atoms with Crippen LogP contribution in [0.15, 0.2) is 39.6 Å². The number of benzene rings is 1. The van der Waals surface area contributed by atoms with Gasteiger partial charge in [-0.2, -0.15) is 0 Å². The fraction of sp³-hybridized carbons (Fsp3) is 0.143. The van der Waals surface area contributed by atoms with Crippen LogP contribution in [0, 0.1) is 0 Å². The van der Waals surface area contributed by atoms with Crippen molar-refractivity contribution in [2.24, 2.45) is 0 Å². The Morgan fingerprint density at radius 3 is 2.78 bits per heavy atom. The van der Waals surface area contributed by atoms with Gasteiger partial charge in [-0.3, -0.25) is 0 Å². The van der Waals surface area contributed by atoms with Crippen molar-refractivity contribution in [1.29, 1.82) is 0 Å². The zero-order chi connectivity index (χ0) is 12.7. The first-order chi connectivity index (χ1) is 8.66. The maximum atomic E-state index is 11.5. The lowest BCUT2D eigenvalue weighted by Gasteiger charge is -2.13. The smallest absolute Gasteiger partial charge is 0.351 e. The molecule has 1 aliphatic carbocycles. The van der Waals surface area contributed by atoms with Crippen molar-refractivity contribution in [3.63, 3.8) is 0 Å². The van der Waals surface area contributed by atoms with Crippen LogP contribution in [0.1, 0.15) is 21.5 Å². The van der Waals surface area contributed by atoms with E-state index in [9.17, 15) is 9.59 Å². The van der Waals surface area contributed by atoms with Crippen LogP contribution >= 0.6 is 0 Å². The number of carboxylic acids is 1. The normalized spacial score (nSPS) is 13.6. The first kappa shape index (κ1) is 10.8. The number of rotatable bonds is 1. The molecule has 0 atom stereocenters. The van der Waals surface area contributed by atoms with Crippen molar-refractivity contribution in [2.45, 2.75) is 12.8 Å². The monoisotopic (exact) mass is 242 g/mol. The third kappa shape index (κ3) is 1.54. The van der Waals surface area contributed by atoms with Crippen LogP contribution in [0.2, 0.25) is 0 Å². The molecule has 0 aliphatic heterocycles. The fourth-order valence-corrected chi connectivity index (χ4v) is 2.29. The Bertz CT molecular complexity index is 737. The molecule has 0 radical (unpaired) electrons. The number of allylic oxidation sites excluding steroid dienone is 2. The van der Waals surface area contributed by atoms with Crippen molar-refractivity contribution < 1.29 is 14.3 Å².